The summed E-state index contributed by atoms with van der Waals surface area (Å²) in [7, 11) is 0. The molecule has 2 heteroatoms. The van der Waals surface area contributed by atoms with Crippen molar-refractivity contribution < 1.29 is 10.2 Å². The standard InChI is InChI=1S/C21H20O2/c1-14-12-17(8-10-20(14)22)18-9-11-21(23)19(13-18)15(2)16-6-4-3-5-7-16/h3-13,15,22-23H,1-2H3. The molecular formula is C21H20O2. The van der Waals surface area contributed by atoms with Gasteiger partial charge < -0.3 is 10.2 Å². The van der Waals surface area contributed by atoms with Crippen LogP contribution in [-0.2, 0) is 0 Å². The number of aryl methyl sites for hydroxylation is 1. The molecule has 1 unspecified atom stereocenters. The highest BCUT2D eigenvalue weighted by molar-refractivity contribution is 5.68. The molecule has 0 heterocycles. The minimum absolute atomic E-state index is 0.106. The molecule has 0 aliphatic heterocycles. The lowest BCUT2D eigenvalue weighted by Gasteiger charge is -2.16. The van der Waals surface area contributed by atoms with E-state index in [-0.39, 0.29) is 5.92 Å². The second-order valence-corrected chi connectivity index (χ2v) is 5.91. The summed E-state index contributed by atoms with van der Waals surface area (Å²) in [5.74, 6) is 0.709. The first kappa shape index (κ1) is 15.2. The Balaban J connectivity index is 2.04. The van der Waals surface area contributed by atoms with Crippen molar-refractivity contribution in [1.82, 2.24) is 0 Å². The van der Waals surface area contributed by atoms with Crippen LogP contribution >= 0.6 is 0 Å². The molecule has 116 valence electrons. The molecule has 2 N–H and O–H groups in total. The highest BCUT2D eigenvalue weighted by atomic mass is 16.3. The topological polar surface area (TPSA) is 40.5 Å². The monoisotopic (exact) mass is 304 g/mol. The van der Waals surface area contributed by atoms with Crippen molar-refractivity contribution >= 4 is 0 Å². The average Bonchev–Trinajstić information content (AvgIpc) is 2.58. The Kier molecular flexibility index (Phi) is 4.07. The third kappa shape index (κ3) is 3.07. The zero-order valence-electron chi connectivity index (χ0n) is 13.3. The summed E-state index contributed by atoms with van der Waals surface area (Å²) in [6.07, 6.45) is 0. The van der Waals surface area contributed by atoms with Crippen molar-refractivity contribution in [3.8, 4) is 22.6 Å². The summed E-state index contributed by atoms with van der Waals surface area (Å²) in [4.78, 5) is 0. The molecule has 0 fully saturated rings. The number of hydrogen-bond acceptors (Lipinski definition) is 2. The van der Waals surface area contributed by atoms with Gasteiger partial charge in [0.05, 0.1) is 0 Å². The van der Waals surface area contributed by atoms with E-state index in [2.05, 4.69) is 19.1 Å². The Labute approximate surface area is 136 Å². The van der Waals surface area contributed by atoms with Crippen molar-refractivity contribution in [2.75, 3.05) is 0 Å². The first-order chi connectivity index (χ1) is 11.1. The second kappa shape index (κ2) is 6.17. The molecule has 3 rings (SSSR count). The van der Waals surface area contributed by atoms with Crippen molar-refractivity contribution in [3.05, 3.63) is 83.4 Å². The normalized spacial score (nSPS) is 12.1. The van der Waals surface area contributed by atoms with Gasteiger partial charge in [0.1, 0.15) is 11.5 Å². The van der Waals surface area contributed by atoms with Gasteiger partial charge in [-0.3, -0.25) is 0 Å². The van der Waals surface area contributed by atoms with Crippen LogP contribution in [0.3, 0.4) is 0 Å². The van der Waals surface area contributed by atoms with Gasteiger partial charge in [-0.05, 0) is 53.4 Å². The summed E-state index contributed by atoms with van der Waals surface area (Å²) < 4.78 is 0. The minimum atomic E-state index is 0.106. The van der Waals surface area contributed by atoms with Crippen LogP contribution < -0.4 is 0 Å². The van der Waals surface area contributed by atoms with Gasteiger partial charge in [-0.2, -0.15) is 0 Å². The number of aromatic hydroxyl groups is 2. The minimum Gasteiger partial charge on any atom is -0.508 e. The third-order valence-electron chi connectivity index (χ3n) is 4.32. The smallest absolute Gasteiger partial charge is 0.119 e. The van der Waals surface area contributed by atoms with Gasteiger partial charge >= 0.3 is 0 Å². The number of rotatable bonds is 3. The van der Waals surface area contributed by atoms with Crippen LogP contribution in [-0.4, -0.2) is 10.2 Å². The molecule has 0 aliphatic rings. The number of benzene rings is 3. The Hall–Kier alpha value is -2.74. The van der Waals surface area contributed by atoms with Gasteiger partial charge in [0.15, 0.2) is 0 Å². The number of phenolic OH excluding ortho intramolecular Hbond substituents is 2. The fraction of sp³-hybridized carbons (Fsp3) is 0.143. The lowest BCUT2D eigenvalue weighted by molar-refractivity contribution is 0.466. The van der Waals surface area contributed by atoms with Crippen molar-refractivity contribution in [2.24, 2.45) is 0 Å². The van der Waals surface area contributed by atoms with E-state index in [4.69, 9.17) is 0 Å². The van der Waals surface area contributed by atoms with Crippen LogP contribution in [0, 0.1) is 6.92 Å². The predicted molar refractivity (Wildman–Crippen MR) is 93.9 cm³/mol. The molecule has 0 saturated carbocycles. The fourth-order valence-electron chi connectivity index (χ4n) is 2.84. The van der Waals surface area contributed by atoms with Crippen molar-refractivity contribution in [1.29, 1.82) is 0 Å². The average molecular weight is 304 g/mol. The van der Waals surface area contributed by atoms with E-state index in [0.717, 1.165) is 22.3 Å². The highest BCUT2D eigenvalue weighted by Gasteiger charge is 2.14. The van der Waals surface area contributed by atoms with Gasteiger partial charge in [-0.25, -0.2) is 0 Å². The van der Waals surface area contributed by atoms with Crippen LogP contribution in [0.25, 0.3) is 11.1 Å². The van der Waals surface area contributed by atoms with E-state index in [1.54, 1.807) is 12.1 Å². The molecule has 0 radical (unpaired) electrons. The van der Waals surface area contributed by atoms with Gasteiger partial charge in [0.2, 0.25) is 0 Å². The maximum absolute atomic E-state index is 10.3. The van der Waals surface area contributed by atoms with E-state index in [1.165, 1.54) is 5.56 Å². The van der Waals surface area contributed by atoms with Crippen LogP contribution in [0.5, 0.6) is 11.5 Å². The van der Waals surface area contributed by atoms with Crippen molar-refractivity contribution in [2.45, 2.75) is 19.8 Å². The summed E-state index contributed by atoms with van der Waals surface area (Å²) >= 11 is 0. The summed E-state index contributed by atoms with van der Waals surface area (Å²) in [5, 5.41) is 20.0. The van der Waals surface area contributed by atoms with E-state index in [9.17, 15) is 10.2 Å². The highest BCUT2D eigenvalue weighted by Crippen LogP contribution is 2.35. The van der Waals surface area contributed by atoms with Crippen LogP contribution in [0.2, 0.25) is 0 Å². The van der Waals surface area contributed by atoms with E-state index < -0.39 is 0 Å². The van der Waals surface area contributed by atoms with E-state index in [1.807, 2.05) is 49.4 Å². The quantitative estimate of drug-likeness (QED) is 0.696. The Morgan fingerprint density at radius 3 is 2.00 bits per heavy atom. The fourth-order valence-corrected chi connectivity index (χ4v) is 2.84. The molecule has 0 aliphatic carbocycles. The third-order valence-corrected chi connectivity index (χ3v) is 4.32. The SMILES string of the molecule is Cc1cc(-c2ccc(O)c(C(C)c3ccccc3)c2)ccc1O. The van der Waals surface area contributed by atoms with Crippen LogP contribution in [0.1, 0.15) is 29.5 Å². The molecule has 23 heavy (non-hydrogen) atoms. The summed E-state index contributed by atoms with van der Waals surface area (Å²) in [5.41, 5.74) is 4.97. The molecule has 3 aromatic carbocycles. The Morgan fingerprint density at radius 2 is 1.35 bits per heavy atom. The first-order valence-electron chi connectivity index (χ1n) is 7.74. The van der Waals surface area contributed by atoms with Crippen LogP contribution in [0.15, 0.2) is 66.7 Å². The molecule has 0 spiro atoms. The molecular weight excluding hydrogens is 284 g/mol. The zero-order chi connectivity index (χ0) is 16.4. The van der Waals surface area contributed by atoms with Crippen LogP contribution in [0.4, 0.5) is 0 Å². The molecule has 0 bridgehead atoms. The Morgan fingerprint density at radius 1 is 0.739 bits per heavy atom. The molecule has 2 nitrogen and oxygen atoms in total. The maximum Gasteiger partial charge on any atom is 0.119 e. The maximum atomic E-state index is 10.3. The predicted octanol–water partition coefficient (Wildman–Crippen LogP) is 5.23. The summed E-state index contributed by atoms with van der Waals surface area (Å²) in [6.45, 7) is 3.98. The second-order valence-electron chi connectivity index (χ2n) is 5.91. The van der Waals surface area contributed by atoms with Gasteiger partial charge in [-0.15, -0.1) is 0 Å². The largest absolute Gasteiger partial charge is 0.508 e. The van der Waals surface area contributed by atoms with Gasteiger partial charge in [-0.1, -0.05) is 49.4 Å². The summed E-state index contributed by atoms with van der Waals surface area (Å²) in [6, 6.07) is 21.4. The first-order valence-corrected chi connectivity index (χ1v) is 7.74. The molecule has 3 aromatic rings. The molecule has 0 amide bonds. The lowest BCUT2D eigenvalue weighted by Crippen LogP contribution is -1.97. The zero-order valence-corrected chi connectivity index (χ0v) is 13.3. The van der Waals surface area contributed by atoms with E-state index >= 15 is 0 Å². The van der Waals surface area contributed by atoms with Gasteiger partial charge in [0.25, 0.3) is 0 Å². The molecule has 0 aromatic heterocycles. The lowest BCUT2D eigenvalue weighted by atomic mass is 9.90. The number of hydrogen-bond donors (Lipinski definition) is 2. The molecule has 1 atom stereocenters. The Bertz CT molecular complexity index is 823. The molecule has 0 saturated heterocycles. The van der Waals surface area contributed by atoms with Gasteiger partial charge in [0, 0.05) is 11.5 Å². The van der Waals surface area contributed by atoms with E-state index in [0.29, 0.717) is 11.5 Å². The number of phenols is 2. The van der Waals surface area contributed by atoms with Crippen molar-refractivity contribution in [3.63, 3.8) is 0 Å².